The van der Waals surface area contributed by atoms with Crippen molar-refractivity contribution in [1.29, 1.82) is 0 Å². The number of benzene rings is 1. The lowest BCUT2D eigenvalue weighted by Crippen LogP contribution is -2.07. The number of aromatic nitrogens is 3. The Morgan fingerprint density at radius 2 is 1.86 bits per heavy atom. The molecule has 2 heterocycles. The van der Waals surface area contributed by atoms with Gasteiger partial charge in [-0.2, -0.15) is 5.10 Å². The number of carboxylic acids is 1. The lowest BCUT2D eigenvalue weighted by Gasteiger charge is -2.04. The number of nitrogens with zero attached hydrogens (tertiary/aromatic N) is 3. The topological polar surface area (TPSA) is 88.2 Å². The number of phenols is 1. The number of hydrogen-bond acceptors (Lipinski definition) is 4. The van der Waals surface area contributed by atoms with Crippen LogP contribution < -0.4 is 0 Å². The monoisotopic (exact) mass is 281 g/mol. The van der Waals surface area contributed by atoms with Crippen molar-refractivity contribution >= 4 is 5.97 Å². The van der Waals surface area contributed by atoms with Crippen LogP contribution in [0.15, 0.2) is 54.9 Å². The Labute approximate surface area is 119 Å². The highest BCUT2D eigenvalue weighted by Crippen LogP contribution is 2.22. The average Bonchev–Trinajstić information content (AvgIpc) is 2.93. The summed E-state index contributed by atoms with van der Waals surface area (Å²) in [5.74, 6) is -1.05. The number of rotatable bonds is 3. The predicted molar refractivity (Wildman–Crippen MR) is 75.4 cm³/mol. The fraction of sp³-hybridized carbons (Fsp3) is 0. The molecule has 0 aliphatic heterocycles. The van der Waals surface area contributed by atoms with Gasteiger partial charge in [-0.05, 0) is 30.3 Å². The predicted octanol–water partition coefficient (Wildman–Crippen LogP) is 2.34. The molecule has 0 radical (unpaired) electrons. The highest BCUT2D eigenvalue weighted by atomic mass is 16.4. The Hall–Kier alpha value is -3.15. The molecule has 6 nitrogen and oxygen atoms in total. The van der Waals surface area contributed by atoms with Gasteiger partial charge < -0.3 is 10.2 Å². The SMILES string of the molecule is O=C(O)c1cc(-c2ccncc2)nn1-c1cccc(O)c1. The molecule has 0 amide bonds. The summed E-state index contributed by atoms with van der Waals surface area (Å²) in [6.45, 7) is 0. The summed E-state index contributed by atoms with van der Waals surface area (Å²) >= 11 is 0. The van der Waals surface area contributed by atoms with Gasteiger partial charge in [-0.1, -0.05) is 6.07 Å². The molecule has 0 atom stereocenters. The van der Waals surface area contributed by atoms with E-state index in [1.807, 2.05) is 0 Å². The normalized spacial score (nSPS) is 10.5. The molecule has 0 aliphatic rings. The number of phenolic OH excluding ortho intramolecular Hbond substituents is 1. The Balaban J connectivity index is 2.16. The molecule has 2 aromatic heterocycles. The van der Waals surface area contributed by atoms with E-state index in [1.165, 1.54) is 22.9 Å². The Kier molecular flexibility index (Phi) is 3.12. The van der Waals surface area contributed by atoms with E-state index in [1.54, 1.807) is 36.7 Å². The third-order valence-corrected chi connectivity index (χ3v) is 2.98. The summed E-state index contributed by atoms with van der Waals surface area (Å²) < 4.78 is 1.29. The third kappa shape index (κ3) is 2.46. The summed E-state index contributed by atoms with van der Waals surface area (Å²) in [5.41, 5.74) is 1.80. The van der Waals surface area contributed by atoms with E-state index in [9.17, 15) is 15.0 Å². The van der Waals surface area contributed by atoms with Crippen molar-refractivity contribution in [3.63, 3.8) is 0 Å². The first-order chi connectivity index (χ1) is 10.1. The van der Waals surface area contributed by atoms with Crippen LogP contribution in [0.2, 0.25) is 0 Å². The number of hydrogen-bond donors (Lipinski definition) is 2. The molecule has 0 saturated heterocycles. The van der Waals surface area contributed by atoms with Crippen molar-refractivity contribution in [3.8, 4) is 22.7 Å². The number of pyridine rings is 1. The molecule has 0 bridgehead atoms. The second-order valence-electron chi connectivity index (χ2n) is 4.39. The second kappa shape index (κ2) is 5.09. The van der Waals surface area contributed by atoms with E-state index < -0.39 is 5.97 Å². The Morgan fingerprint density at radius 3 is 2.52 bits per heavy atom. The molecule has 21 heavy (non-hydrogen) atoms. The van der Waals surface area contributed by atoms with Crippen LogP contribution in [0.4, 0.5) is 0 Å². The number of carboxylic acid groups (broad SMARTS) is 1. The number of aromatic hydroxyl groups is 1. The van der Waals surface area contributed by atoms with E-state index >= 15 is 0 Å². The summed E-state index contributed by atoms with van der Waals surface area (Å²) in [7, 11) is 0. The van der Waals surface area contributed by atoms with Gasteiger partial charge in [0, 0.05) is 24.0 Å². The highest BCUT2D eigenvalue weighted by Gasteiger charge is 2.16. The number of carbonyl (C=O) groups is 1. The fourth-order valence-electron chi connectivity index (χ4n) is 2.02. The zero-order chi connectivity index (χ0) is 14.8. The maximum atomic E-state index is 11.4. The van der Waals surface area contributed by atoms with Crippen molar-refractivity contribution in [3.05, 3.63) is 60.6 Å². The molecular weight excluding hydrogens is 270 g/mol. The summed E-state index contributed by atoms with van der Waals surface area (Å²) in [6.07, 6.45) is 3.23. The van der Waals surface area contributed by atoms with Crippen LogP contribution in [0, 0.1) is 0 Å². The van der Waals surface area contributed by atoms with Gasteiger partial charge in [-0.3, -0.25) is 4.98 Å². The molecule has 1 aromatic carbocycles. The van der Waals surface area contributed by atoms with Crippen LogP contribution in [-0.4, -0.2) is 30.9 Å². The van der Waals surface area contributed by atoms with E-state index in [-0.39, 0.29) is 11.4 Å². The third-order valence-electron chi connectivity index (χ3n) is 2.98. The minimum Gasteiger partial charge on any atom is -0.508 e. The second-order valence-corrected chi connectivity index (χ2v) is 4.39. The van der Waals surface area contributed by atoms with Crippen LogP contribution in [-0.2, 0) is 0 Å². The summed E-state index contributed by atoms with van der Waals surface area (Å²) in [4.78, 5) is 15.3. The van der Waals surface area contributed by atoms with Crippen LogP contribution >= 0.6 is 0 Å². The van der Waals surface area contributed by atoms with Crippen molar-refractivity contribution in [2.75, 3.05) is 0 Å². The van der Waals surface area contributed by atoms with Crippen molar-refractivity contribution < 1.29 is 15.0 Å². The molecule has 2 N–H and O–H groups in total. The lowest BCUT2D eigenvalue weighted by atomic mass is 10.2. The van der Waals surface area contributed by atoms with Crippen molar-refractivity contribution in [2.45, 2.75) is 0 Å². The van der Waals surface area contributed by atoms with E-state index in [0.717, 1.165) is 5.56 Å². The molecule has 0 saturated carbocycles. The average molecular weight is 281 g/mol. The Morgan fingerprint density at radius 1 is 1.10 bits per heavy atom. The molecule has 0 unspecified atom stereocenters. The van der Waals surface area contributed by atoms with Crippen LogP contribution in [0.1, 0.15) is 10.5 Å². The van der Waals surface area contributed by atoms with Gasteiger partial charge in [0.25, 0.3) is 0 Å². The summed E-state index contributed by atoms with van der Waals surface area (Å²) in [5, 5.41) is 23.2. The maximum Gasteiger partial charge on any atom is 0.354 e. The molecule has 104 valence electrons. The van der Waals surface area contributed by atoms with Gasteiger partial charge in [0.15, 0.2) is 5.69 Å². The van der Waals surface area contributed by atoms with Crippen molar-refractivity contribution in [1.82, 2.24) is 14.8 Å². The zero-order valence-corrected chi connectivity index (χ0v) is 10.8. The first-order valence-electron chi connectivity index (χ1n) is 6.18. The van der Waals surface area contributed by atoms with E-state index in [4.69, 9.17) is 0 Å². The van der Waals surface area contributed by atoms with Gasteiger partial charge >= 0.3 is 5.97 Å². The lowest BCUT2D eigenvalue weighted by molar-refractivity contribution is 0.0687. The minimum absolute atomic E-state index is 0.0208. The van der Waals surface area contributed by atoms with Gasteiger partial charge in [0.05, 0.1) is 11.4 Å². The minimum atomic E-state index is -1.09. The molecular formula is C15H11N3O3. The van der Waals surface area contributed by atoms with Crippen LogP contribution in [0.5, 0.6) is 5.75 Å². The summed E-state index contributed by atoms with van der Waals surface area (Å²) in [6, 6.07) is 11.3. The molecule has 3 aromatic rings. The van der Waals surface area contributed by atoms with E-state index in [2.05, 4.69) is 10.1 Å². The smallest absolute Gasteiger partial charge is 0.354 e. The first kappa shape index (κ1) is 12.9. The van der Waals surface area contributed by atoms with E-state index in [0.29, 0.717) is 11.4 Å². The molecule has 3 rings (SSSR count). The van der Waals surface area contributed by atoms with Crippen molar-refractivity contribution in [2.24, 2.45) is 0 Å². The highest BCUT2D eigenvalue weighted by molar-refractivity contribution is 5.88. The van der Waals surface area contributed by atoms with Crippen LogP contribution in [0.3, 0.4) is 0 Å². The largest absolute Gasteiger partial charge is 0.508 e. The fourth-order valence-corrected chi connectivity index (χ4v) is 2.02. The number of aromatic carboxylic acids is 1. The standard InChI is InChI=1S/C15H11N3O3/c19-12-3-1-2-11(8-12)18-14(15(20)21)9-13(17-18)10-4-6-16-7-5-10/h1-9,19H,(H,20,21). The van der Waals surface area contributed by atoms with Crippen LogP contribution in [0.25, 0.3) is 16.9 Å². The quantitative estimate of drug-likeness (QED) is 0.769. The van der Waals surface area contributed by atoms with Gasteiger partial charge in [-0.15, -0.1) is 0 Å². The van der Waals surface area contributed by atoms with Gasteiger partial charge in [0.2, 0.25) is 0 Å². The molecule has 0 spiro atoms. The molecule has 0 aliphatic carbocycles. The van der Waals surface area contributed by atoms with Gasteiger partial charge in [-0.25, -0.2) is 9.48 Å². The molecule has 6 heteroatoms. The maximum absolute atomic E-state index is 11.4. The molecule has 0 fully saturated rings. The van der Waals surface area contributed by atoms with Gasteiger partial charge in [0.1, 0.15) is 5.75 Å². The first-order valence-corrected chi connectivity index (χ1v) is 6.18. The Bertz CT molecular complexity index is 797. The zero-order valence-electron chi connectivity index (χ0n) is 10.8.